The SMILES string of the molecule is C=C(Cl)C=N/C(=C\C)c1noc(-c2cc(F)cc(Cl)c2)n1. The van der Waals surface area contributed by atoms with Crippen molar-refractivity contribution in [3.63, 3.8) is 0 Å². The van der Waals surface area contributed by atoms with E-state index in [-0.39, 0.29) is 21.8 Å². The van der Waals surface area contributed by atoms with Crippen molar-refractivity contribution in [2.45, 2.75) is 6.92 Å². The van der Waals surface area contributed by atoms with Crippen LogP contribution in [0.4, 0.5) is 4.39 Å². The molecule has 0 spiro atoms. The Kier molecular flexibility index (Phi) is 4.88. The number of hydrogen-bond donors (Lipinski definition) is 0. The van der Waals surface area contributed by atoms with Crippen LogP contribution in [0.15, 0.2) is 45.4 Å². The molecule has 0 aliphatic heterocycles. The maximum atomic E-state index is 13.3. The fraction of sp³-hybridized carbons (Fsp3) is 0.0714. The highest BCUT2D eigenvalue weighted by molar-refractivity contribution is 6.39. The van der Waals surface area contributed by atoms with Crippen LogP contribution >= 0.6 is 23.2 Å². The van der Waals surface area contributed by atoms with E-state index in [9.17, 15) is 4.39 Å². The summed E-state index contributed by atoms with van der Waals surface area (Å²) in [4.78, 5) is 8.23. The molecule has 0 amide bonds. The number of aliphatic imine (C=N–C) groups is 1. The van der Waals surface area contributed by atoms with Crippen molar-refractivity contribution in [3.05, 3.63) is 52.6 Å². The van der Waals surface area contributed by atoms with Gasteiger partial charge in [0.15, 0.2) is 0 Å². The molecule has 0 N–H and O–H groups in total. The molecule has 21 heavy (non-hydrogen) atoms. The topological polar surface area (TPSA) is 51.3 Å². The monoisotopic (exact) mass is 325 g/mol. The van der Waals surface area contributed by atoms with Crippen LogP contribution in [0.3, 0.4) is 0 Å². The Labute approximate surface area is 130 Å². The summed E-state index contributed by atoms with van der Waals surface area (Å²) < 4.78 is 18.4. The van der Waals surface area contributed by atoms with Gasteiger partial charge in [0.1, 0.15) is 11.5 Å². The molecule has 0 unspecified atom stereocenters. The highest BCUT2D eigenvalue weighted by atomic mass is 35.5. The van der Waals surface area contributed by atoms with E-state index in [1.165, 1.54) is 24.4 Å². The normalized spacial score (nSPS) is 12.1. The van der Waals surface area contributed by atoms with Crippen LogP contribution < -0.4 is 0 Å². The van der Waals surface area contributed by atoms with Crippen molar-refractivity contribution >= 4 is 35.1 Å². The Bertz CT molecular complexity index is 717. The fourth-order valence-corrected chi connectivity index (χ4v) is 1.79. The summed E-state index contributed by atoms with van der Waals surface area (Å²) in [5.74, 6) is -0.0901. The van der Waals surface area contributed by atoms with Gasteiger partial charge in [-0.1, -0.05) is 41.0 Å². The summed E-state index contributed by atoms with van der Waals surface area (Å²) in [5.41, 5.74) is 0.842. The lowest BCUT2D eigenvalue weighted by atomic mass is 10.2. The second-order valence-electron chi connectivity index (χ2n) is 3.96. The average Bonchev–Trinajstić information content (AvgIpc) is 2.87. The van der Waals surface area contributed by atoms with Gasteiger partial charge in [0.05, 0.1) is 5.03 Å². The minimum absolute atomic E-state index is 0.144. The van der Waals surface area contributed by atoms with Crippen LogP contribution in [0.25, 0.3) is 17.2 Å². The Morgan fingerprint density at radius 1 is 1.43 bits per heavy atom. The molecule has 2 rings (SSSR count). The van der Waals surface area contributed by atoms with Gasteiger partial charge in [0, 0.05) is 16.8 Å². The third-order valence-electron chi connectivity index (χ3n) is 2.38. The summed E-state index contributed by atoms with van der Waals surface area (Å²) in [5, 5.41) is 4.31. The minimum Gasteiger partial charge on any atom is -0.334 e. The van der Waals surface area contributed by atoms with E-state index in [1.54, 1.807) is 13.0 Å². The molecule has 0 bridgehead atoms. The molecule has 0 fully saturated rings. The van der Waals surface area contributed by atoms with Gasteiger partial charge >= 0.3 is 0 Å². The van der Waals surface area contributed by atoms with Crippen molar-refractivity contribution < 1.29 is 8.91 Å². The number of benzene rings is 1. The van der Waals surface area contributed by atoms with Crippen molar-refractivity contribution in [1.82, 2.24) is 10.1 Å². The lowest BCUT2D eigenvalue weighted by molar-refractivity contribution is 0.428. The van der Waals surface area contributed by atoms with E-state index in [1.807, 2.05) is 0 Å². The summed E-state index contributed by atoms with van der Waals surface area (Å²) >= 11 is 11.4. The first-order valence-corrected chi connectivity index (χ1v) is 6.60. The van der Waals surface area contributed by atoms with E-state index in [2.05, 4.69) is 21.7 Å². The molecule has 1 heterocycles. The number of hydrogen-bond acceptors (Lipinski definition) is 4. The van der Waals surface area contributed by atoms with Crippen LogP contribution in [0, 0.1) is 5.82 Å². The zero-order chi connectivity index (χ0) is 15.4. The highest BCUT2D eigenvalue weighted by Crippen LogP contribution is 2.24. The van der Waals surface area contributed by atoms with Gasteiger partial charge in [-0.2, -0.15) is 4.98 Å². The van der Waals surface area contributed by atoms with Crippen molar-refractivity contribution in [3.8, 4) is 11.5 Å². The largest absolute Gasteiger partial charge is 0.334 e. The van der Waals surface area contributed by atoms with E-state index in [0.717, 1.165) is 0 Å². The summed E-state index contributed by atoms with van der Waals surface area (Å²) in [6.07, 6.45) is 3.05. The summed E-state index contributed by atoms with van der Waals surface area (Å²) in [6, 6.07) is 3.97. The van der Waals surface area contributed by atoms with E-state index < -0.39 is 5.82 Å². The van der Waals surface area contributed by atoms with Gasteiger partial charge in [-0.15, -0.1) is 0 Å². The third kappa shape index (κ3) is 4.00. The fourth-order valence-electron chi connectivity index (χ4n) is 1.52. The number of rotatable bonds is 4. The molecule has 0 saturated carbocycles. The highest BCUT2D eigenvalue weighted by Gasteiger charge is 2.13. The first kappa shape index (κ1) is 15.4. The van der Waals surface area contributed by atoms with Crippen molar-refractivity contribution in [2.75, 3.05) is 0 Å². The molecule has 4 nitrogen and oxygen atoms in total. The van der Waals surface area contributed by atoms with Crippen molar-refractivity contribution in [2.24, 2.45) is 4.99 Å². The molecule has 1 aromatic carbocycles. The summed E-state index contributed by atoms with van der Waals surface area (Å²) in [7, 11) is 0. The first-order valence-electron chi connectivity index (χ1n) is 5.85. The molecule has 0 radical (unpaired) electrons. The van der Waals surface area contributed by atoms with Gasteiger partial charge in [0.2, 0.25) is 5.82 Å². The molecule has 0 saturated heterocycles. The smallest absolute Gasteiger partial charge is 0.258 e. The lowest BCUT2D eigenvalue weighted by Gasteiger charge is -1.96. The van der Waals surface area contributed by atoms with E-state index in [0.29, 0.717) is 11.3 Å². The van der Waals surface area contributed by atoms with Crippen LogP contribution in [0.5, 0.6) is 0 Å². The Morgan fingerprint density at radius 3 is 2.81 bits per heavy atom. The average molecular weight is 326 g/mol. The Hall–Kier alpha value is -1.98. The number of aromatic nitrogens is 2. The van der Waals surface area contributed by atoms with Gasteiger partial charge in [0.25, 0.3) is 5.89 Å². The second-order valence-corrected chi connectivity index (χ2v) is 4.88. The number of halogens is 3. The Morgan fingerprint density at radius 2 is 2.19 bits per heavy atom. The predicted octanol–water partition coefficient (Wildman–Crippen LogP) is 4.71. The van der Waals surface area contributed by atoms with Crippen molar-refractivity contribution in [1.29, 1.82) is 0 Å². The van der Waals surface area contributed by atoms with Crippen LogP contribution in [0.2, 0.25) is 5.02 Å². The Balaban J connectivity index is 2.35. The molecular weight excluding hydrogens is 316 g/mol. The maximum Gasteiger partial charge on any atom is 0.258 e. The van der Waals surface area contributed by atoms with Crippen LogP contribution in [0.1, 0.15) is 12.7 Å². The first-order chi connectivity index (χ1) is 9.99. The lowest BCUT2D eigenvalue weighted by Crippen LogP contribution is -1.86. The molecule has 2 aromatic rings. The standard InChI is InChI=1S/C14H10Cl2FN3O/c1-3-12(18-7-8(2)15)13-19-14(21-20-13)9-4-10(16)6-11(17)5-9/h3-7H,2H2,1H3/b12-3-,18-7?. The van der Waals surface area contributed by atoms with Gasteiger partial charge < -0.3 is 4.52 Å². The zero-order valence-electron chi connectivity index (χ0n) is 11.0. The molecule has 1 aromatic heterocycles. The molecule has 0 aliphatic carbocycles. The van der Waals surface area contributed by atoms with Gasteiger partial charge in [-0.25, -0.2) is 4.39 Å². The van der Waals surface area contributed by atoms with Gasteiger partial charge in [-0.05, 0) is 25.1 Å². The third-order valence-corrected chi connectivity index (χ3v) is 2.70. The molecule has 0 aliphatic rings. The number of allylic oxidation sites excluding steroid dienone is 2. The quantitative estimate of drug-likeness (QED) is 0.764. The van der Waals surface area contributed by atoms with Crippen LogP contribution in [-0.4, -0.2) is 16.4 Å². The number of nitrogens with zero attached hydrogens (tertiary/aromatic N) is 3. The second kappa shape index (κ2) is 6.65. The van der Waals surface area contributed by atoms with Gasteiger partial charge in [-0.3, -0.25) is 4.99 Å². The maximum absolute atomic E-state index is 13.3. The summed E-state index contributed by atoms with van der Waals surface area (Å²) in [6.45, 7) is 5.26. The molecule has 0 atom stereocenters. The molecule has 7 heteroatoms. The zero-order valence-corrected chi connectivity index (χ0v) is 12.5. The predicted molar refractivity (Wildman–Crippen MR) is 81.8 cm³/mol. The van der Waals surface area contributed by atoms with E-state index in [4.69, 9.17) is 27.7 Å². The minimum atomic E-state index is -0.486. The van der Waals surface area contributed by atoms with Crippen LogP contribution in [-0.2, 0) is 0 Å². The molecule has 108 valence electrons. The van der Waals surface area contributed by atoms with E-state index >= 15 is 0 Å². The molecular formula is C14H10Cl2FN3O.